The molecule has 0 bridgehead atoms. The molecule has 0 unspecified atom stereocenters. The number of nitrogens with zero attached hydrogens (tertiary/aromatic N) is 1. The molecule has 2 rings (SSSR count). The quantitative estimate of drug-likeness (QED) is 0.592. The van der Waals surface area contributed by atoms with Crippen molar-refractivity contribution in [3.05, 3.63) is 59.7 Å². The number of benzene rings is 2. The second-order valence-corrected chi connectivity index (χ2v) is 7.94. The lowest BCUT2D eigenvalue weighted by Crippen LogP contribution is -2.08. The molecule has 128 valence electrons. The fraction of sp³-hybridized carbons (Fsp3) is 0.409. The van der Waals surface area contributed by atoms with Crippen LogP contribution in [0, 0.1) is 11.3 Å². The van der Waals surface area contributed by atoms with Gasteiger partial charge in [-0.1, -0.05) is 46.8 Å². The standard InChI is InChI=1S/C22H29NO/c1-17(2)16-24-21-12-8-19(9-13-21)15-23-20-10-6-18(7-11-20)14-22(3,4)5/h6-13,15,17H,14,16H2,1-5H3. The first-order valence-electron chi connectivity index (χ1n) is 8.68. The van der Waals surface area contributed by atoms with Crippen LogP contribution in [0.3, 0.4) is 0 Å². The van der Waals surface area contributed by atoms with Gasteiger partial charge in [-0.15, -0.1) is 0 Å². The van der Waals surface area contributed by atoms with E-state index in [0.717, 1.165) is 30.0 Å². The Hall–Kier alpha value is -2.09. The van der Waals surface area contributed by atoms with E-state index in [2.05, 4.69) is 63.9 Å². The highest BCUT2D eigenvalue weighted by Crippen LogP contribution is 2.22. The van der Waals surface area contributed by atoms with Crippen LogP contribution in [-0.4, -0.2) is 12.8 Å². The van der Waals surface area contributed by atoms with E-state index in [9.17, 15) is 0 Å². The number of hydrogen-bond donors (Lipinski definition) is 0. The van der Waals surface area contributed by atoms with Crippen LogP contribution in [0.1, 0.15) is 45.7 Å². The van der Waals surface area contributed by atoms with E-state index in [0.29, 0.717) is 11.3 Å². The Labute approximate surface area is 146 Å². The third-order valence-corrected chi connectivity index (χ3v) is 3.50. The lowest BCUT2D eigenvalue weighted by molar-refractivity contribution is 0.271. The molecule has 2 aromatic carbocycles. The molecule has 2 heteroatoms. The molecular formula is C22H29NO. The van der Waals surface area contributed by atoms with E-state index in [4.69, 9.17) is 4.74 Å². The summed E-state index contributed by atoms with van der Waals surface area (Å²) in [4.78, 5) is 4.55. The van der Waals surface area contributed by atoms with Crippen LogP contribution in [0.4, 0.5) is 5.69 Å². The molecule has 0 aliphatic rings. The Balaban J connectivity index is 1.95. The number of rotatable bonds is 6. The van der Waals surface area contributed by atoms with Crippen molar-refractivity contribution in [1.82, 2.24) is 0 Å². The number of hydrogen-bond acceptors (Lipinski definition) is 2. The molecule has 2 nitrogen and oxygen atoms in total. The Morgan fingerprint density at radius 1 is 0.958 bits per heavy atom. The molecule has 0 saturated heterocycles. The summed E-state index contributed by atoms with van der Waals surface area (Å²) < 4.78 is 5.69. The molecule has 0 N–H and O–H groups in total. The molecule has 0 heterocycles. The summed E-state index contributed by atoms with van der Waals surface area (Å²) in [6.07, 6.45) is 2.97. The molecule has 2 aromatic rings. The topological polar surface area (TPSA) is 21.6 Å². The lowest BCUT2D eigenvalue weighted by Gasteiger charge is -2.17. The molecule has 0 aliphatic heterocycles. The van der Waals surface area contributed by atoms with Crippen molar-refractivity contribution < 1.29 is 4.74 Å². The van der Waals surface area contributed by atoms with E-state index in [1.807, 2.05) is 30.5 Å². The van der Waals surface area contributed by atoms with E-state index < -0.39 is 0 Å². The van der Waals surface area contributed by atoms with Crippen molar-refractivity contribution >= 4 is 11.9 Å². The van der Waals surface area contributed by atoms with E-state index in [1.54, 1.807) is 0 Å². The smallest absolute Gasteiger partial charge is 0.119 e. The minimum absolute atomic E-state index is 0.310. The third-order valence-electron chi connectivity index (χ3n) is 3.50. The first-order chi connectivity index (χ1) is 11.3. The van der Waals surface area contributed by atoms with Crippen LogP contribution in [0.2, 0.25) is 0 Å². The van der Waals surface area contributed by atoms with E-state index in [-0.39, 0.29) is 0 Å². The Kier molecular flexibility index (Phi) is 6.19. The maximum Gasteiger partial charge on any atom is 0.119 e. The molecule has 0 amide bonds. The minimum Gasteiger partial charge on any atom is -0.493 e. The van der Waals surface area contributed by atoms with Crippen molar-refractivity contribution in [1.29, 1.82) is 0 Å². The lowest BCUT2D eigenvalue weighted by atomic mass is 9.88. The fourth-order valence-corrected chi connectivity index (χ4v) is 2.37. The van der Waals surface area contributed by atoms with Crippen LogP contribution < -0.4 is 4.74 Å². The van der Waals surface area contributed by atoms with Gasteiger partial charge in [0.15, 0.2) is 0 Å². The maximum absolute atomic E-state index is 5.69. The van der Waals surface area contributed by atoms with Gasteiger partial charge in [0, 0.05) is 6.21 Å². The molecule has 0 aliphatic carbocycles. The summed E-state index contributed by atoms with van der Waals surface area (Å²) >= 11 is 0. The van der Waals surface area contributed by atoms with E-state index in [1.165, 1.54) is 5.56 Å². The molecule has 0 aromatic heterocycles. The summed E-state index contributed by atoms with van der Waals surface area (Å²) in [7, 11) is 0. The summed E-state index contributed by atoms with van der Waals surface area (Å²) in [5.74, 6) is 1.44. The largest absolute Gasteiger partial charge is 0.493 e. The summed E-state index contributed by atoms with van der Waals surface area (Å²) in [5.41, 5.74) is 3.72. The summed E-state index contributed by atoms with van der Waals surface area (Å²) in [6, 6.07) is 16.6. The van der Waals surface area contributed by atoms with Gasteiger partial charge < -0.3 is 4.74 Å². The molecule has 24 heavy (non-hydrogen) atoms. The highest BCUT2D eigenvalue weighted by Gasteiger charge is 2.10. The predicted molar refractivity (Wildman–Crippen MR) is 104 cm³/mol. The van der Waals surface area contributed by atoms with Crippen LogP contribution >= 0.6 is 0 Å². The normalized spacial score (nSPS) is 12.1. The van der Waals surface area contributed by atoms with Crippen molar-refractivity contribution in [3.8, 4) is 5.75 Å². The fourth-order valence-electron chi connectivity index (χ4n) is 2.37. The zero-order chi connectivity index (χ0) is 17.6. The molecule has 0 atom stereocenters. The van der Waals surface area contributed by atoms with Gasteiger partial charge in [0.05, 0.1) is 12.3 Å². The maximum atomic E-state index is 5.69. The summed E-state index contributed by atoms with van der Waals surface area (Å²) in [6.45, 7) is 11.8. The van der Waals surface area contributed by atoms with Gasteiger partial charge in [-0.2, -0.15) is 0 Å². The molecule has 0 radical (unpaired) electrons. The van der Waals surface area contributed by atoms with Gasteiger partial charge in [0.1, 0.15) is 5.75 Å². The van der Waals surface area contributed by atoms with Gasteiger partial charge >= 0.3 is 0 Å². The first kappa shape index (κ1) is 18.3. The number of aliphatic imine (C=N–C) groups is 1. The molecular weight excluding hydrogens is 294 g/mol. The van der Waals surface area contributed by atoms with Gasteiger partial charge in [-0.3, -0.25) is 4.99 Å². The second kappa shape index (κ2) is 8.14. The third kappa shape index (κ3) is 6.57. The highest BCUT2D eigenvalue weighted by molar-refractivity contribution is 5.82. The SMILES string of the molecule is CC(C)COc1ccc(C=Nc2ccc(CC(C)(C)C)cc2)cc1. The zero-order valence-corrected chi connectivity index (χ0v) is 15.5. The average Bonchev–Trinajstić information content (AvgIpc) is 2.52. The Bertz CT molecular complexity index is 646. The molecule has 0 saturated carbocycles. The van der Waals surface area contributed by atoms with Crippen LogP contribution in [0.5, 0.6) is 5.75 Å². The Morgan fingerprint density at radius 2 is 1.58 bits per heavy atom. The van der Waals surface area contributed by atoms with Gasteiger partial charge in [0.25, 0.3) is 0 Å². The monoisotopic (exact) mass is 323 g/mol. The average molecular weight is 323 g/mol. The van der Waals surface area contributed by atoms with E-state index >= 15 is 0 Å². The van der Waals surface area contributed by atoms with Crippen molar-refractivity contribution in [2.45, 2.75) is 41.0 Å². The molecule has 0 fully saturated rings. The highest BCUT2D eigenvalue weighted by atomic mass is 16.5. The molecule has 0 spiro atoms. The van der Waals surface area contributed by atoms with Crippen molar-refractivity contribution in [3.63, 3.8) is 0 Å². The predicted octanol–water partition coefficient (Wildman–Crippen LogP) is 6.06. The van der Waals surface area contributed by atoms with Crippen LogP contribution in [0.25, 0.3) is 0 Å². The van der Waals surface area contributed by atoms with Crippen LogP contribution in [0.15, 0.2) is 53.5 Å². The van der Waals surface area contributed by atoms with Gasteiger partial charge in [-0.25, -0.2) is 0 Å². The van der Waals surface area contributed by atoms with Crippen molar-refractivity contribution in [2.24, 2.45) is 16.3 Å². The first-order valence-corrected chi connectivity index (χ1v) is 8.68. The summed E-state index contributed by atoms with van der Waals surface area (Å²) in [5, 5.41) is 0. The minimum atomic E-state index is 0.310. The van der Waals surface area contributed by atoms with Crippen LogP contribution in [-0.2, 0) is 6.42 Å². The zero-order valence-electron chi connectivity index (χ0n) is 15.5. The number of ether oxygens (including phenoxy) is 1. The van der Waals surface area contributed by atoms with Gasteiger partial charge in [0.2, 0.25) is 0 Å². The van der Waals surface area contributed by atoms with Gasteiger partial charge in [-0.05, 0) is 65.3 Å². The second-order valence-electron chi connectivity index (χ2n) is 7.94. The van der Waals surface area contributed by atoms with Crippen molar-refractivity contribution in [2.75, 3.05) is 6.61 Å². The Morgan fingerprint density at radius 3 is 2.12 bits per heavy atom.